The Morgan fingerprint density at radius 1 is 1.15 bits per heavy atom. The Morgan fingerprint density at radius 2 is 1.81 bits per heavy atom. The number of amides is 1. The van der Waals surface area contributed by atoms with Crippen molar-refractivity contribution in [3.8, 4) is 5.75 Å². The normalized spacial score (nSPS) is 15.9. The van der Waals surface area contributed by atoms with E-state index in [0.717, 1.165) is 24.4 Å². The number of nitrogens with one attached hydrogen (secondary N) is 1. The van der Waals surface area contributed by atoms with E-state index in [1.165, 1.54) is 12.1 Å². The maximum Gasteiger partial charge on any atom is 0.251 e. The maximum absolute atomic E-state index is 13.3. The molecule has 3 rings (SSSR count). The molecule has 1 aliphatic rings. The molecule has 144 valence electrons. The zero-order valence-corrected chi connectivity index (χ0v) is 15.5. The van der Waals surface area contributed by atoms with Gasteiger partial charge >= 0.3 is 0 Å². The molecular formula is C21H25FN2O3. The van der Waals surface area contributed by atoms with Gasteiger partial charge in [0.15, 0.2) is 0 Å². The van der Waals surface area contributed by atoms with Crippen molar-refractivity contribution in [2.45, 2.75) is 13.0 Å². The number of ether oxygens (including phenoxy) is 2. The van der Waals surface area contributed by atoms with E-state index in [1.807, 2.05) is 6.92 Å². The molecule has 0 bridgehead atoms. The van der Waals surface area contributed by atoms with Crippen molar-refractivity contribution < 1.29 is 18.7 Å². The second-order valence-corrected chi connectivity index (χ2v) is 6.38. The van der Waals surface area contributed by atoms with Gasteiger partial charge in [0.05, 0.1) is 25.9 Å². The summed E-state index contributed by atoms with van der Waals surface area (Å²) in [5.74, 6) is 0.336. The number of benzene rings is 2. The first-order valence-electron chi connectivity index (χ1n) is 9.25. The first-order valence-corrected chi connectivity index (χ1v) is 9.25. The first-order chi connectivity index (χ1) is 13.2. The predicted octanol–water partition coefficient (Wildman–Crippen LogP) is 3.03. The van der Waals surface area contributed by atoms with Crippen molar-refractivity contribution in [1.82, 2.24) is 10.2 Å². The Balaban J connectivity index is 1.67. The third-order valence-electron chi connectivity index (χ3n) is 4.62. The van der Waals surface area contributed by atoms with Gasteiger partial charge in [-0.05, 0) is 48.9 Å². The van der Waals surface area contributed by atoms with Crippen LogP contribution in [0, 0.1) is 5.82 Å². The van der Waals surface area contributed by atoms with Crippen LogP contribution in [0.15, 0.2) is 48.5 Å². The summed E-state index contributed by atoms with van der Waals surface area (Å²) in [6.45, 7) is 5.82. The van der Waals surface area contributed by atoms with Crippen molar-refractivity contribution in [3.63, 3.8) is 0 Å². The van der Waals surface area contributed by atoms with Crippen molar-refractivity contribution in [1.29, 1.82) is 0 Å². The van der Waals surface area contributed by atoms with Crippen LogP contribution < -0.4 is 10.1 Å². The fourth-order valence-electron chi connectivity index (χ4n) is 3.19. The SMILES string of the molecule is CCOc1ccc(C(=O)NCC(c2ccc(F)cc2)N2CCOCC2)cc1. The van der Waals surface area contributed by atoms with Gasteiger partial charge in [0.25, 0.3) is 5.91 Å². The average molecular weight is 372 g/mol. The number of hydrogen-bond acceptors (Lipinski definition) is 4. The standard InChI is InChI=1S/C21H25FN2O3/c1-2-27-19-9-5-17(6-10-19)21(25)23-15-20(24-11-13-26-14-12-24)16-3-7-18(22)8-4-16/h3-10,20H,2,11-15H2,1H3,(H,23,25). The molecule has 0 saturated carbocycles. The Hall–Kier alpha value is -2.44. The average Bonchev–Trinajstić information content (AvgIpc) is 2.71. The van der Waals surface area contributed by atoms with Crippen molar-refractivity contribution >= 4 is 5.91 Å². The van der Waals surface area contributed by atoms with Crippen LogP contribution in [0.25, 0.3) is 0 Å². The largest absolute Gasteiger partial charge is 0.494 e. The summed E-state index contributed by atoms with van der Waals surface area (Å²) >= 11 is 0. The summed E-state index contributed by atoms with van der Waals surface area (Å²) in [5, 5.41) is 3.00. The minimum atomic E-state index is -0.266. The Kier molecular flexibility index (Phi) is 6.79. The van der Waals surface area contributed by atoms with Crippen molar-refractivity contribution in [2.24, 2.45) is 0 Å². The van der Waals surface area contributed by atoms with E-state index in [0.29, 0.717) is 31.9 Å². The van der Waals surface area contributed by atoms with Crippen LogP contribution in [0.2, 0.25) is 0 Å². The van der Waals surface area contributed by atoms with Gasteiger partial charge < -0.3 is 14.8 Å². The lowest BCUT2D eigenvalue weighted by Crippen LogP contribution is -2.43. The predicted molar refractivity (Wildman–Crippen MR) is 101 cm³/mol. The minimum Gasteiger partial charge on any atom is -0.494 e. The highest BCUT2D eigenvalue weighted by Crippen LogP contribution is 2.22. The number of hydrogen-bond donors (Lipinski definition) is 1. The van der Waals surface area contributed by atoms with Crippen molar-refractivity contribution in [2.75, 3.05) is 39.5 Å². The smallest absolute Gasteiger partial charge is 0.251 e. The zero-order chi connectivity index (χ0) is 19.1. The molecule has 0 aromatic heterocycles. The quantitative estimate of drug-likeness (QED) is 0.812. The van der Waals surface area contributed by atoms with E-state index < -0.39 is 0 Å². The third-order valence-corrected chi connectivity index (χ3v) is 4.62. The molecule has 0 spiro atoms. The summed E-state index contributed by atoms with van der Waals surface area (Å²) in [6, 6.07) is 13.5. The number of halogens is 1. The number of carbonyl (C=O) groups is 1. The zero-order valence-electron chi connectivity index (χ0n) is 15.5. The lowest BCUT2D eigenvalue weighted by atomic mass is 10.0. The van der Waals surface area contributed by atoms with Gasteiger partial charge in [-0.25, -0.2) is 4.39 Å². The Bertz CT molecular complexity index is 728. The molecule has 0 radical (unpaired) electrons. The molecular weight excluding hydrogens is 347 g/mol. The molecule has 1 fully saturated rings. The molecule has 1 unspecified atom stereocenters. The summed E-state index contributed by atoms with van der Waals surface area (Å²) in [4.78, 5) is 14.8. The van der Waals surface area contributed by atoms with Gasteiger partial charge in [0, 0.05) is 25.2 Å². The van der Waals surface area contributed by atoms with Crippen LogP contribution in [0.3, 0.4) is 0 Å². The summed E-state index contributed by atoms with van der Waals surface area (Å²) < 4.78 is 24.1. The molecule has 1 amide bonds. The molecule has 1 atom stereocenters. The summed E-state index contributed by atoms with van der Waals surface area (Å²) in [6.07, 6.45) is 0. The fourth-order valence-corrected chi connectivity index (χ4v) is 3.19. The van der Waals surface area contributed by atoms with Gasteiger partial charge in [0.1, 0.15) is 11.6 Å². The van der Waals surface area contributed by atoms with Gasteiger partial charge in [-0.2, -0.15) is 0 Å². The van der Waals surface area contributed by atoms with Gasteiger partial charge in [-0.15, -0.1) is 0 Å². The molecule has 0 aliphatic carbocycles. The molecule has 2 aromatic carbocycles. The second kappa shape index (κ2) is 9.48. The van der Waals surface area contributed by atoms with E-state index in [2.05, 4.69) is 10.2 Å². The highest BCUT2D eigenvalue weighted by atomic mass is 19.1. The van der Waals surface area contributed by atoms with Crippen LogP contribution in [0.4, 0.5) is 4.39 Å². The van der Waals surface area contributed by atoms with Crippen LogP contribution >= 0.6 is 0 Å². The van der Waals surface area contributed by atoms with Gasteiger partial charge in [-0.3, -0.25) is 9.69 Å². The molecule has 1 saturated heterocycles. The molecule has 6 heteroatoms. The fraction of sp³-hybridized carbons (Fsp3) is 0.381. The molecule has 5 nitrogen and oxygen atoms in total. The van der Waals surface area contributed by atoms with Crippen molar-refractivity contribution in [3.05, 3.63) is 65.5 Å². The summed E-state index contributed by atoms with van der Waals surface area (Å²) in [7, 11) is 0. The Morgan fingerprint density at radius 3 is 2.44 bits per heavy atom. The van der Waals surface area contributed by atoms with E-state index in [-0.39, 0.29) is 17.8 Å². The monoisotopic (exact) mass is 372 g/mol. The van der Waals surface area contributed by atoms with E-state index >= 15 is 0 Å². The summed E-state index contributed by atoms with van der Waals surface area (Å²) in [5.41, 5.74) is 1.56. The number of nitrogens with zero attached hydrogens (tertiary/aromatic N) is 1. The molecule has 2 aromatic rings. The van der Waals surface area contributed by atoms with Gasteiger partial charge in [0.2, 0.25) is 0 Å². The van der Waals surface area contributed by atoms with Crippen LogP contribution in [-0.4, -0.2) is 50.3 Å². The number of morpholine rings is 1. The highest BCUT2D eigenvalue weighted by molar-refractivity contribution is 5.94. The third kappa shape index (κ3) is 5.28. The maximum atomic E-state index is 13.3. The topological polar surface area (TPSA) is 50.8 Å². The molecule has 27 heavy (non-hydrogen) atoms. The molecule has 1 aliphatic heterocycles. The van der Waals surface area contributed by atoms with Gasteiger partial charge in [-0.1, -0.05) is 12.1 Å². The van der Waals surface area contributed by atoms with Crippen LogP contribution in [-0.2, 0) is 4.74 Å². The van der Waals surface area contributed by atoms with E-state index in [1.54, 1.807) is 36.4 Å². The lowest BCUT2D eigenvalue weighted by Gasteiger charge is -2.35. The first kappa shape index (κ1) is 19.3. The lowest BCUT2D eigenvalue weighted by molar-refractivity contribution is 0.0162. The number of rotatable bonds is 7. The van der Waals surface area contributed by atoms with Crippen LogP contribution in [0.1, 0.15) is 28.9 Å². The van der Waals surface area contributed by atoms with E-state index in [4.69, 9.17) is 9.47 Å². The molecule has 1 N–H and O–H groups in total. The number of carbonyl (C=O) groups excluding carboxylic acids is 1. The Labute approximate surface area is 159 Å². The molecule has 1 heterocycles. The van der Waals surface area contributed by atoms with E-state index in [9.17, 15) is 9.18 Å². The minimum absolute atomic E-state index is 0.0267. The second-order valence-electron chi connectivity index (χ2n) is 6.38. The highest BCUT2D eigenvalue weighted by Gasteiger charge is 2.23. The van der Waals surface area contributed by atoms with Crippen LogP contribution in [0.5, 0.6) is 5.75 Å².